The van der Waals surface area contributed by atoms with Crippen LogP contribution in [0.4, 0.5) is 5.69 Å². The van der Waals surface area contributed by atoms with Gasteiger partial charge in [-0.1, -0.05) is 29.8 Å². The zero-order chi connectivity index (χ0) is 21.0. The standard InChI is InChI=1S/C23H21ClN2O2S/c1-14-10-15(2)12-18(11-14)25-23(29)26-22(27)9-7-19-6-8-21(28-19)17-5-4-16(3)20(24)13-17/h4-13H,1-3H3,(H2,25,26,27,29)/b9-7+. The van der Waals surface area contributed by atoms with E-state index in [0.29, 0.717) is 16.5 Å². The lowest BCUT2D eigenvalue weighted by atomic mass is 10.1. The van der Waals surface area contributed by atoms with Crippen molar-refractivity contribution in [2.24, 2.45) is 0 Å². The van der Waals surface area contributed by atoms with Crippen LogP contribution in [0.3, 0.4) is 0 Å². The normalized spacial score (nSPS) is 10.9. The van der Waals surface area contributed by atoms with Crippen LogP contribution in [0.15, 0.2) is 59.0 Å². The summed E-state index contributed by atoms with van der Waals surface area (Å²) in [7, 11) is 0. The summed E-state index contributed by atoms with van der Waals surface area (Å²) < 4.78 is 5.77. The number of amides is 1. The third kappa shape index (κ3) is 5.79. The number of halogens is 1. The first kappa shape index (κ1) is 20.8. The Morgan fingerprint density at radius 2 is 1.76 bits per heavy atom. The molecule has 1 amide bonds. The van der Waals surface area contributed by atoms with Gasteiger partial charge in [0.25, 0.3) is 0 Å². The lowest BCUT2D eigenvalue weighted by Crippen LogP contribution is -2.32. The Morgan fingerprint density at radius 1 is 1.03 bits per heavy atom. The first-order valence-corrected chi connectivity index (χ1v) is 9.83. The lowest BCUT2D eigenvalue weighted by molar-refractivity contribution is -0.115. The van der Waals surface area contributed by atoms with Crippen LogP contribution in [-0.4, -0.2) is 11.0 Å². The van der Waals surface area contributed by atoms with Crippen molar-refractivity contribution in [2.45, 2.75) is 20.8 Å². The molecular formula is C23H21ClN2O2S. The molecule has 3 rings (SSSR count). The zero-order valence-electron chi connectivity index (χ0n) is 16.4. The first-order valence-electron chi connectivity index (χ1n) is 9.05. The van der Waals surface area contributed by atoms with Gasteiger partial charge in [0.1, 0.15) is 11.5 Å². The number of benzene rings is 2. The highest BCUT2D eigenvalue weighted by Crippen LogP contribution is 2.27. The molecule has 0 radical (unpaired) electrons. The summed E-state index contributed by atoms with van der Waals surface area (Å²) in [5.41, 5.74) is 4.95. The van der Waals surface area contributed by atoms with E-state index in [1.165, 1.54) is 6.08 Å². The molecule has 6 heteroatoms. The molecule has 0 spiro atoms. The Kier molecular flexibility index (Phi) is 6.52. The topological polar surface area (TPSA) is 54.3 Å². The van der Waals surface area contributed by atoms with Crippen molar-refractivity contribution in [1.82, 2.24) is 5.32 Å². The molecule has 0 fully saturated rings. The average molecular weight is 425 g/mol. The molecule has 1 aromatic heterocycles. The minimum absolute atomic E-state index is 0.235. The molecule has 148 valence electrons. The third-order valence-corrected chi connectivity index (χ3v) is 4.81. The number of hydrogen-bond acceptors (Lipinski definition) is 3. The summed E-state index contributed by atoms with van der Waals surface area (Å²) in [6, 6.07) is 15.4. The number of aryl methyl sites for hydroxylation is 3. The second-order valence-electron chi connectivity index (χ2n) is 6.82. The number of furan rings is 1. The molecule has 0 saturated carbocycles. The van der Waals surface area contributed by atoms with E-state index in [1.807, 2.05) is 57.2 Å². The minimum atomic E-state index is -0.344. The van der Waals surface area contributed by atoms with Crippen LogP contribution < -0.4 is 10.6 Å². The van der Waals surface area contributed by atoms with Gasteiger partial charge in [0, 0.05) is 22.3 Å². The molecule has 1 heterocycles. The van der Waals surface area contributed by atoms with E-state index < -0.39 is 0 Å². The van der Waals surface area contributed by atoms with Crippen molar-refractivity contribution >= 4 is 46.6 Å². The molecule has 4 nitrogen and oxygen atoms in total. The Morgan fingerprint density at radius 3 is 2.45 bits per heavy atom. The minimum Gasteiger partial charge on any atom is -0.457 e. The molecule has 0 aliphatic rings. The van der Waals surface area contributed by atoms with Crippen molar-refractivity contribution < 1.29 is 9.21 Å². The predicted molar refractivity (Wildman–Crippen MR) is 123 cm³/mol. The van der Waals surface area contributed by atoms with Gasteiger partial charge < -0.3 is 9.73 Å². The summed E-state index contributed by atoms with van der Waals surface area (Å²) in [5, 5.41) is 6.56. The molecule has 0 bridgehead atoms. The number of carbonyl (C=O) groups excluding carboxylic acids is 1. The quantitative estimate of drug-likeness (QED) is 0.395. The molecule has 0 unspecified atom stereocenters. The lowest BCUT2D eigenvalue weighted by Gasteiger charge is -2.09. The van der Waals surface area contributed by atoms with Gasteiger partial charge in [-0.25, -0.2) is 0 Å². The van der Waals surface area contributed by atoms with Crippen molar-refractivity contribution in [3.8, 4) is 11.3 Å². The zero-order valence-corrected chi connectivity index (χ0v) is 17.9. The fourth-order valence-corrected chi connectivity index (χ4v) is 3.26. The van der Waals surface area contributed by atoms with E-state index in [-0.39, 0.29) is 11.0 Å². The van der Waals surface area contributed by atoms with E-state index in [9.17, 15) is 4.79 Å². The molecular weight excluding hydrogens is 404 g/mol. The molecule has 2 aromatic carbocycles. The molecule has 3 aromatic rings. The maximum atomic E-state index is 12.1. The number of anilines is 1. The van der Waals surface area contributed by atoms with Gasteiger partial charge in [0.15, 0.2) is 5.11 Å². The maximum Gasteiger partial charge on any atom is 0.250 e. The van der Waals surface area contributed by atoms with Crippen LogP contribution in [0.1, 0.15) is 22.5 Å². The van der Waals surface area contributed by atoms with Crippen molar-refractivity contribution in [2.75, 3.05) is 5.32 Å². The van der Waals surface area contributed by atoms with Gasteiger partial charge in [0.05, 0.1) is 0 Å². The van der Waals surface area contributed by atoms with Crippen molar-refractivity contribution in [1.29, 1.82) is 0 Å². The fourth-order valence-electron chi connectivity index (χ4n) is 2.86. The Hall–Kier alpha value is -2.89. The highest BCUT2D eigenvalue weighted by molar-refractivity contribution is 7.80. The number of rotatable bonds is 4. The number of carbonyl (C=O) groups is 1. The van der Waals surface area contributed by atoms with Gasteiger partial charge in [-0.2, -0.15) is 0 Å². The van der Waals surface area contributed by atoms with Crippen LogP contribution >= 0.6 is 23.8 Å². The smallest absolute Gasteiger partial charge is 0.250 e. The fraction of sp³-hybridized carbons (Fsp3) is 0.130. The van der Waals surface area contributed by atoms with E-state index in [0.717, 1.165) is 27.9 Å². The van der Waals surface area contributed by atoms with Crippen molar-refractivity contribution in [3.05, 3.63) is 82.1 Å². The summed E-state index contributed by atoms with van der Waals surface area (Å²) in [4.78, 5) is 12.1. The van der Waals surface area contributed by atoms with Gasteiger partial charge in [-0.15, -0.1) is 0 Å². The van der Waals surface area contributed by atoms with Crippen LogP contribution in [0.25, 0.3) is 17.4 Å². The van der Waals surface area contributed by atoms with Gasteiger partial charge in [-0.3, -0.25) is 10.1 Å². The highest BCUT2D eigenvalue weighted by Gasteiger charge is 2.07. The number of thiocarbonyl (C=S) groups is 1. The average Bonchev–Trinajstić information content (AvgIpc) is 3.10. The molecule has 0 aliphatic carbocycles. The monoisotopic (exact) mass is 424 g/mol. The molecule has 0 atom stereocenters. The summed E-state index contributed by atoms with van der Waals surface area (Å²) in [6.45, 7) is 5.95. The van der Waals surface area contributed by atoms with E-state index >= 15 is 0 Å². The highest BCUT2D eigenvalue weighted by atomic mass is 35.5. The summed E-state index contributed by atoms with van der Waals surface area (Å²) >= 11 is 11.4. The Labute approximate surface area is 180 Å². The van der Waals surface area contributed by atoms with Crippen LogP contribution in [0, 0.1) is 20.8 Å². The first-order chi connectivity index (χ1) is 13.8. The van der Waals surface area contributed by atoms with Crippen LogP contribution in [0.2, 0.25) is 5.02 Å². The summed E-state index contributed by atoms with van der Waals surface area (Å²) in [6.07, 6.45) is 2.97. The number of nitrogens with one attached hydrogen (secondary N) is 2. The van der Waals surface area contributed by atoms with Gasteiger partial charge in [0.2, 0.25) is 5.91 Å². The molecule has 29 heavy (non-hydrogen) atoms. The van der Waals surface area contributed by atoms with E-state index in [4.69, 9.17) is 28.2 Å². The second kappa shape index (κ2) is 9.07. The molecule has 0 saturated heterocycles. The molecule has 0 aliphatic heterocycles. The van der Waals surface area contributed by atoms with E-state index in [2.05, 4.69) is 16.7 Å². The third-order valence-electron chi connectivity index (χ3n) is 4.20. The second-order valence-corrected chi connectivity index (χ2v) is 7.63. The Balaban J connectivity index is 1.59. The largest absolute Gasteiger partial charge is 0.457 e. The number of hydrogen-bond donors (Lipinski definition) is 2. The van der Waals surface area contributed by atoms with Gasteiger partial charge >= 0.3 is 0 Å². The SMILES string of the molecule is Cc1cc(C)cc(NC(=S)NC(=O)/C=C/c2ccc(-c3ccc(C)c(Cl)c3)o2)c1. The van der Waals surface area contributed by atoms with Crippen molar-refractivity contribution in [3.63, 3.8) is 0 Å². The Bertz CT molecular complexity index is 1080. The van der Waals surface area contributed by atoms with E-state index in [1.54, 1.807) is 12.1 Å². The van der Waals surface area contributed by atoms with Crippen LogP contribution in [0.5, 0.6) is 0 Å². The maximum absolute atomic E-state index is 12.1. The predicted octanol–water partition coefficient (Wildman–Crippen LogP) is 6.05. The van der Waals surface area contributed by atoms with Crippen LogP contribution in [-0.2, 0) is 4.79 Å². The van der Waals surface area contributed by atoms with Gasteiger partial charge in [-0.05, 0) is 86.1 Å². The molecule has 2 N–H and O–H groups in total. The summed E-state index contributed by atoms with van der Waals surface area (Å²) in [5.74, 6) is 0.891.